The van der Waals surface area contributed by atoms with Gasteiger partial charge in [-0.05, 0) is 26.3 Å². The van der Waals surface area contributed by atoms with Crippen molar-refractivity contribution in [2.24, 2.45) is 5.73 Å². The smallest absolute Gasteiger partial charge is 0.124 e. The second-order valence-electron chi connectivity index (χ2n) is 5.76. The Hall–Kier alpha value is -1.10. The van der Waals surface area contributed by atoms with Crippen LogP contribution in [0.25, 0.3) is 0 Å². The van der Waals surface area contributed by atoms with Crippen LogP contribution >= 0.6 is 0 Å². The molecule has 2 unspecified atom stereocenters. The van der Waals surface area contributed by atoms with Gasteiger partial charge in [0.25, 0.3) is 0 Å². The summed E-state index contributed by atoms with van der Waals surface area (Å²) in [6.45, 7) is 10.6. The SMILES string of the molecule is CCOc1ccccc1C(N)C(C)(CC)N1CCOCC1. The number of hydrogen-bond acceptors (Lipinski definition) is 4. The third-order valence-corrected chi connectivity index (χ3v) is 4.67. The van der Waals surface area contributed by atoms with Crippen LogP contribution in [-0.4, -0.2) is 43.3 Å². The van der Waals surface area contributed by atoms with Crippen LogP contribution in [-0.2, 0) is 4.74 Å². The number of nitrogens with zero attached hydrogens (tertiary/aromatic N) is 1. The Morgan fingerprint density at radius 3 is 2.57 bits per heavy atom. The largest absolute Gasteiger partial charge is 0.494 e. The highest BCUT2D eigenvalue weighted by atomic mass is 16.5. The minimum Gasteiger partial charge on any atom is -0.494 e. The highest BCUT2D eigenvalue weighted by Crippen LogP contribution is 2.36. The van der Waals surface area contributed by atoms with Crippen molar-refractivity contribution in [2.75, 3.05) is 32.9 Å². The summed E-state index contributed by atoms with van der Waals surface area (Å²) >= 11 is 0. The predicted molar refractivity (Wildman–Crippen MR) is 85.6 cm³/mol. The molecule has 4 nitrogen and oxygen atoms in total. The van der Waals surface area contributed by atoms with Gasteiger partial charge in [-0.2, -0.15) is 0 Å². The van der Waals surface area contributed by atoms with Crippen molar-refractivity contribution in [1.29, 1.82) is 0 Å². The number of morpholine rings is 1. The molecule has 4 heteroatoms. The van der Waals surface area contributed by atoms with E-state index in [0.717, 1.165) is 44.0 Å². The van der Waals surface area contributed by atoms with Gasteiger partial charge >= 0.3 is 0 Å². The summed E-state index contributed by atoms with van der Waals surface area (Å²) in [5, 5.41) is 0. The van der Waals surface area contributed by atoms with Crippen molar-refractivity contribution in [1.82, 2.24) is 4.90 Å². The van der Waals surface area contributed by atoms with Gasteiger partial charge in [-0.1, -0.05) is 25.1 Å². The van der Waals surface area contributed by atoms with Crippen LogP contribution in [0.1, 0.15) is 38.8 Å². The Bertz CT molecular complexity index is 446. The molecule has 1 aliphatic rings. The summed E-state index contributed by atoms with van der Waals surface area (Å²) in [5.41, 5.74) is 7.69. The van der Waals surface area contributed by atoms with E-state index in [1.165, 1.54) is 0 Å². The number of benzene rings is 1. The molecular formula is C17H28N2O2. The van der Waals surface area contributed by atoms with Gasteiger partial charge < -0.3 is 15.2 Å². The van der Waals surface area contributed by atoms with Crippen molar-refractivity contribution >= 4 is 0 Å². The maximum Gasteiger partial charge on any atom is 0.124 e. The first-order valence-electron chi connectivity index (χ1n) is 7.93. The normalized spacial score (nSPS) is 20.8. The minimum atomic E-state index is -0.0863. The summed E-state index contributed by atoms with van der Waals surface area (Å²) in [6.07, 6.45) is 0.995. The van der Waals surface area contributed by atoms with E-state index >= 15 is 0 Å². The van der Waals surface area contributed by atoms with Gasteiger partial charge in [-0.25, -0.2) is 0 Å². The molecule has 2 atom stereocenters. The van der Waals surface area contributed by atoms with Crippen LogP contribution in [0.15, 0.2) is 24.3 Å². The van der Waals surface area contributed by atoms with Gasteiger partial charge in [-0.3, -0.25) is 4.90 Å². The fraction of sp³-hybridized carbons (Fsp3) is 0.647. The molecule has 118 valence electrons. The zero-order chi connectivity index (χ0) is 15.3. The molecule has 1 aliphatic heterocycles. The van der Waals surface area contributed by atoms with E-state index in [4.69, 9.17) is 15.2 Å². The third-order valence-electron chi connectivity index (χ3n) is 4.67. The molecule has 1 saturated heterocycles. The van der Waals surface area contributed by atoms with E-state index in [1.54, 1.807) is 0 Å². The molecule has 0 aromatic heterocycles. The lowest BCUT2D eigenvalue weighted by Crippen LogP contribution is -2.56. The van der Waals surface area contributed by atoms with Gasteiger partial charge in [0.1, 0.15) is 5.75 Å². The fourth-order valence-corrected chi connectivity index (χ4v) is 3.07. The lowest BCUT2D eigenvalue weighted by Gasteiger charge is -2.46. The second kappa shape index (κ2) is 7.25. The number of ether oxygens (including phenoxy) is 2. The van der Waals surface area contributed by atoms with Gasteiger partial charge in [0.05, 0.1) is 25.9 Å². The maximum absolute atomic E-state index is 6.68. The quantitative estimate of drug-likeness (QED) is 0.875. The van der Waals surface area contributed by atoms with E-state index in [0.29, 0.717) is 6.61 Å². The van der Waals surface area contributed by atoms with Gasteiger partial charge in [0.15, 0.2) is 0 Å². The molecule has 2 N–H and O–H groups in total. The van der Waals surface area contributed by atoms with Gasteiger partial charge in [0, 0.05) is 24.2 Å². The van der Waals surface area contributed by atoms with E-state index in [-0.39, 0.29) is 11.6 Å². The molecule has 2 rings (SSSR count). The van der Waals surface area contributed by atoms with E-state index < -0.39 is 0 Å². The fourth-order valence-electron chi connectivity index (χ4n) is 3.07. The maximum atomic E-state index is 6.68. The zero-order valence-corrected chi connectivity index (χ0v) is 13.5. The first-order chi connectivity index (χ1) is 10.1. The Morgan fingerprint density at radius 1 is 1.29 bits per heavy atom. The molecule has 0 radical (unpaired) electrons. The Labute approximate surface area is 128 Å². The van der Waals surface area contributed by atoms with Gasteiger partial charge in [-0.15, -0.1) is 0 Å². The average molecular weight is 292 g/mol. The molecule has 1 fully saturated rings. The van der Waals surface area contributed by atoms with Crippen LogP contribution in [0, 0.1) is 0 Å². The van der Waals surface area contributed by atoms with Crippen LogP contribution in [0.3, 0.4) is 0 Å². The summed E-state index contributed by atoms with van der Waals surface area (Å²) in [4.78, 5) is 2.46. The highest BCUT2D eigenvalue weighted by Gasteiger charge is 2.38. The third kappa shape index (κ3) is 3.39. The van der Waals surface area contributed by atoms with Crippen LogP contribution in [0.4, 0.5) is 0 Å². The van der Waals surface area contributed by atoms with Crippen molar-refractivity contribution < 1.29 is 9.47 Å². The molecule has 0 amide bonds. The summed E-state index contributed by atoms with van der Waals surface area (Å²) in [6, 6.07) is 8.05. The molecular weight excluding hydrogens is 264 g/mol. The zero-order valence-electron chi connectivity index (χ0n) is 13.5. The number of hydrogen-bond donors (Lipinski definition) is 1. The van der Waals surface area contributed by atoms with Crippen molar-refractivity contribution in [3.63, 3.8) is 0 Å². The average Bonchev–Trinajstić information content (AvgIpc) is 2.55. The van der Waals surface area contributed by atoms with Crippen molar-refractivity contribution in [3.8, 4) is 5.75 Å². The lowest BCUT2D eigenvalue weighted by molar-refractivity contribution is -0.0280. The monoisotopic (exact) mass is 292 g/mol. The van der Waals surface area contributed by atoms with Crippen molar-refractivity contribution in [2.45, 2.75) is 38.8 Å². The molecule has 1 aromatic carbocycles. The number of nitrogens with two attached hydrogens (primary N) is 1. The predicted octanol–water partition coefficient (Wildman–Crippen LogP) is 2.59. The number of para-hydroxylation sites is 1. The van der Waals surface area contributed by atoms with Crippen molar-refractivity contribution in [3.05, 3.63) is 29.8 Å². The summed E-state index contributed by atoms with van der Waals surface area (Å²) in [5.74, 6) is 0.903. The van der Waals surface area contributed by atoms with E-state index in [1.807, 2.05) is 25.1 Å². The standard InChI is InChI=1S/C17H28N2O2/c1-4-17(3,19-10-12-20-13-11-19)16(18)14-8-6-7-9-15(14)21-5-2/h6-9,16H,4-5,10-13,18H2,1-3H3. The Morgan fingerprint density at radius 2 is 1.95 bits per heavy atom. The molecule has 1 heterocycles. The molecule has 0 saturated carbocycles. The minimum absolute atomic E-state index is 0.0802. The van der Waals surface area contributed by atoms with Crippen LogP contribution < -0.4 is 10.5 Å². The van der Waals surface area contributed by atoms with Crippen LogP contribution in [0.5, 0.6) is 5.75 Å². The molecule has 0 bridgehead atoms. The molecule has 0 spiro atoms. The first kappa shape index (κ1) is 16.3. The summed E-state index contributed by atoms with van der Waals surface area (Å²) in [7, 11) is 0. The Kier molecular flexibility index (Phi) is 5.62. The second-order valence-corrected chi connectivity index (χ2v) is 5.76. The van der Waals surface area contributed by atoms with E-state index in [2.05, 4.69) is 24.8 Å². The highest BCUT2D eigenvalue weighted by molar-refractivity contribution is 5.37. The van der Waals surface area contributed by atoms with Gasteiger partial charge in [0.2, 0.25) is 0 Å². The van der Waals surface area contributed by atoms with E-state index in [9.17, 15) is 0 Å². The first-order valence-corrected chi connectivity index (χ1v) is 7.93. The molecule has 0 aliphatic carbocycles. The lowest BCUT2D eigenvalue weighted by atomic mass is 9.83. The number of rotatable bonds is 6. The molecule has 21 heavy (non-hydrogen) atoms. The summed E-state index contributed by atoms with van der Waals surface area (Å²) < 4.78 is 11.2. The molecule has 1 aromatic rings. The Balaban J connectivity index is 2.28. The topological polar surface area (TPSA) is 47.7 Å². The van der Waals surface area contributed by atoms with Crippen LogP contribution in [0.2, 0.25) is 0 Å².